The number of nitrogens with zero attached hydrogens (tertiary/aromatic N) is 1. The van der Waals surface area contributed by atoms with Crippen molar-refractivity contribution in [1.29, 1.82) is 0 Å². The predicted octanol–water partition coefficient (Wildman–Crippen LogP) is 0.724. The van der Waals surface area contributed by atoms with Crippen molar-refractivity contribution in [3.05, 3.63) is 68.7 Å². The molecule has 0 aliphatic carbocycles. The van der Waals surface area contributed by atoms with Gasteiger partial charge in [0.25, 0.3) is 5.56 Å². The van der Waals surface area contributed by atoms with Crippen molar-refractivity contribution in [1.82, 2.24) is 9.55 Å². The van der Waals surface area contributed by atoms with Gasteiger partial charge in [0, 0.05) is 17.8 Å². The molecule has 0 spiro atoms. The number of rotatable bonds is 2. The summed E-state index contributed by atoms with van der Waals surface area (Å²) in [5.41, 5.74) is -0.691. The second-order valence-corrected chi connectivity index (χ2v) is 3.30. The lowest BCUT2D eigenvalue weighted by Crippen LogP contribution is -2.34. The number of aromatic nitrogens is 2. The fourth-order valence-electron chi connectivity index (χ4n) is 1.40. The Balaban J connectivity index is 2.46. The third kappa shape index (κ3) is 1.93. The fraction of sp³-hybridized carbons (Fsp3) is 0.0909. The predicted molar refractivity (Wildman–Crippen MR) is 56.8 cm³/mol. The molecule has 0 aliphatic rings. The molecule has 0 fully saturated rings. The van der Waals surface area contributed by atoms with Gasteiger partial charge >= 0.3 is 5.69 Å². The molecular formula is C11H9FN2O2. The Morgan fingerprint density at radius 3 is 2.62 bits per heavy atom. The van der Waals surface area contributed by atoms with E-state index in [-0.39, 0.29) is 6.54 Å². The highest BCUT2D eigenvalue weighted by atomic mass is 19.1. The van der Waals surface area contributed by atoms with Crippen LogP contribution in [0, 0.1) is 5.82 Å². The van der Waals surface area contributed by atoms with Crippen LogP contribution >= 0.6 is 0 Å². The maximum absolute atomic E-state index is 13.3. The average molecular weight is 220 g/mol. The Kier molecular flexibility index (Phi) is 2.68. The summed E-state index contributed by atoms with van der Waals surface area (Å²) in [6.07, 6.45) is 1.27. The fourth-order valence-corrected chi connectivity index (χ4v) is 1.40. The molecule has 0 saturated heterocycles. The van der Waals surface area contributed by atoms with Crippen LogP contribution < -0.4 is 11.2 Å². The molecule has 0 radical (unpaired) electrons. The number of hydrogen-bond acceptors (Lipinski definition) is 2. The van der Waals surface area contributed by atoms with E-state index in [0.717, 1.165) is 4.57 Å². The lowest BCUT2D eigenvalue weighted by atomic mass is 10.2. The van der Waals surface area contributed by atoms with Crippen LogP contribution in [-0.4, -0.2) is 9.55 Å². The van der Waals surface area contributed by atoms with Crippen molar-refractivity contribution in [3.63, 3.8) is 0 Å². The Morgan fingerprint density at radius 1 is 1.19 bits per heavy atom. The Hall–Kier alpha value is -2.17. The maximum Gasteiger partial charge on any atom is 0.328 e. The van der Waals surface area contributed by atoms with Gasteiger partial charge in [-0.05, 0) is 6.07 Å². The number of H-pyrrole nitrogens is 1. The minimum absolute atomic E-state index is 0.0678. The summed E-state index contributed by atoms with van der Waals surface area (Å²) >= 11 is 0. The van der Waals surface area contributed by atoms with Gasteiger partial charge in [0.05, 0.1) is 6.54 Å². The normalized spacial score (nSPS) is 10.3. The minimum atomic E-state index is -0.546. The summed E-state index contributed by atoms with van der Waals surface area (Å²) < 4.78 is 14.3. The van der Waals surface area contributed by atoms with E-state index in [1.807, 2.05) is 0 Å². The standard InChI is InChI=1S/C11H9FN2O2/c12-9-4-2-1-3-8(9)7-14-10(15)5-6-13-11(14)16/h1-6H,7H2,(H,13,16). The Labute approximate surface area is 90.0 Å². The van der Waals surface area contributed by atoms with Gasteiger partial charge in [-0.15, -0.1) is 0 Å². The van der Waals surface area contributed by atoms with Crippen molar-refractivity contribution < 1.29 is 4.39 Å². The van der Waals surface area contributed by atoms with Crippen molar-refractivity contribution in [2.75, 3.05) is 0 Å². The molecule has 1 N–H and O–H groups in total. The zero-order chi connectivity index (χ0) is 11.5. The molecule has 16 heavy (non-hydrogen) atoms. The van der Waals surface area contributed by atoms with E-state index in [2.05, 4.69) is 4.98 Å². The first-order valence-corrected chi connectivity index (χ1v) is 4.70. The molecule has 4 nitrogen and oxygen atoms in total. The summed E-state index contributed by atoms with van der Waals surface area (Å²) in [7, 11) is 0. The van der Waals surface area contributed by atoms with Crippen molar-refractivity contribution in [3.8, 4) is 0 Å². The number of benzene rings is 1. The second-order valence-electron chi connectivity index (χ2n) is 3.30. The van der Waals surface area contributed by atoms with Crippen molar-refractivity contribution in [2.24, 2.45) is 0 Å². The van der Waals surface area contributed by atoms with Crippen LogP contribution in [0.25, 0.3) is 0 Å². The molecule has 0 saturated carbocycles. The van der Waals surface area contributed by atoms with Crippen LogP contribution in [0.2, 0.25) is 0 Å². The van der Waals surface area contributed by atoms with E-state index in [1.165, 1.54) is 24.4 Å². The first kappa shape index (κ1) is 10.4. The summed E-state index contributed by atoms with van der Waals surface area (Å²) in [5, 5.41) is 0. The van der Waals surface area contributed by atoms with Gasteiger partial charge in [-0.25, -0.2) is 9.18 Å². The molecule has 82 valence electrons. The molecular weight excluding hydrogens is 211 g/mol. The second kappa shape index (κ2) is 4.14. The van der Waals surface area contributed by atoms with Crippen LogP contribution in [0.4, 0.5) is 4.39 Å². The molecule has 0 atom stereocenters. The molecule has 1 aromatic heterocycles. The van der Waals surface area contributed by atoms with Gasteiger partial charge in [0.1, 0.15) is 5.82 Å². The molecule has 0 amide bonds. The van der Waals surface area contributed by atoms with Crippen molar-refractivity contribution >= 4 is 0 Å². The molecule has 2 aromatic rings. The highest BCUT2D eigenvalue weighted by Crippen LogP contribution is 2.06. The topological polar surface area (TPSA) is 54.9 Å². The molecule has 0 aliphatic heterocycles. The zero-order valence-electron chi connectivity index (χ0n) is 8.31. The molecule has 1 aromatic carbocycles. The number of aromatic amines is 1. The smallest absolute Gasteiger partial charge is 0.314 e. The van der Waals surface area contributed by atoms with Crippen LogP contribution in [0.3, 0.4) is 0 Å². The Bertz CT molecular complexity index is 587. The molecule has 2 rings (SSSR count). The highest BCUT2D eigenvalue weighted by molar-refractivity contribution is 5.17. The first-order chi connectivity index (χ1) is 7.68. The third-order valence-corrected chi connectivity index (χ3v) is 2.23. The summed E-state index contributed by atoms with van der Waals surface area (Å²) in [6.45, 7) is -0.0678. The number of nitrogens with one attached hydrogen (secondary N) is 1. The van der Waals surface area contributed by atoms with Crippen LogP contribution in [0.5, 0.6) is 0 Å². The zero-order valence-corrected chi connectivity index (χ0v) is 8.31. The van der Waals surface area contributed by atoms with Crippen LogP contribution in [0.15, 0.2) is 46.1 Å². The van der Waals surface area contributed by atoms with Gasteiger partial charge < -0.3 is 4.98 Å². The summed E-state index contributed by atoms with van der Waals surface area (Å²) in [5.74, 6) is -0.433. The third-order valence-electron chi connectivity index (χ3n) is 2.23. The van der Waals surface area contributed by atoms with E-state index in [4.69, 9.17) is 0 Å². The maximum atomic E-state index is 13.3. The van der Waals surface area contributed by atoms with Gasteiger partial charge in [0.15, 0.2) is 0 Å². The summed E-state index contributed by atoms with van der Waals surface area (Å²) in [4.78, 5) is 25.1. The average Bonchev–Trinajstić information content (AvgIpc) is 2.26. The molecule has 1 heterocycles. The van der Waals surface area contributed by atoms with Crippen LogP contribution in [0.1, 0.15) is 5.56 Å². The van der Waals surface area contributed by atoms with Crippen LogP contribution in [-0.2, 0) is 6.54 Å². The highest BCUT2D eigenvalue weighted by Gasteiger charge is 2.05. The van der Waals surface area contributed by atoms with Gasteiger partial charge in [-0.3, -0.25) is 9.36 Å². The van der Waals surface area contributed by atoms with E-state index in [1.54, 1.807) is 12.1 Å². The van der Waals surface area contributed by atoms with E-state index >= 15 is 0 Å². The largest absolute Gasteiger partial charge is 0.328 e. The van der Waals surface area contributed by atoms with Gasteiger partial charge in [-0.1, -0.05) is 18.2 Å². The quantitative estimate of drug-likeness (QED) is 0.810. The molecule has 5 heteroatoms. The lowest BCUT2D eigenvalue weighted by Gasteiger charge is -2.04. The number of hydrogen-bond donors (Lipinski definition) is 1. The van der Waals surface area contributed by atoms with Gasteiger partial charge in [0.2, 0.25) is 0 Å². The Morgan fingerprint density at radius 2 is 1.94 bits per heavy atom. The number of halogens is 1. The van der Waals surface area contributed by atoms with E-state index < -0.39 is 17.1 Å². The minimum Gasteiger partial charge on any atom is -0.314 e. The first-order valence-electron chi connectivity index (χ1n) is 4.70. The van der Waals surface area contributed by atoms with E-state index in [9.17, 15) is 14.0 Å². The van der Waals surface area contributed by atoms with Gasteiger partial charge in [-0.2, -0.15) is 0 Å². The monoisotopic (exact) mass is 220 g/mol. The van der Waals surface area contributed by atoms with E-state index in [0.29, 0.717) is 5.56 Å². The SMILES string of the molecule is O=c1cc[nH]c(=O)n1Cc1ccccc1F. The molecule has 0 bridgehead atoms. The lowest BCUT2D eigenvalue weighted by molar-refractivity contribution is 0.589. The molecule has 0 unspecified atom stereocenters. The van der Waals surface area contributed by atoms with Crippen molar-refractivity contribution in [2.45, 2.75) is 6.54 Å². The summed E-state index contributed by atoms with van der Waals surface area (Å²) in [6, 6.07) is 7.26.